The lowest BCUT2D eigenvalue weighted by Crippen LogP contribution is -2.47. The molecule has 4 rings (SSSR count). The molecule has 0 bridgehead atoms. The van der Waals surface area contributed by atoms with E-state index in [1.165, 1.54) is 25.0 Å². The van der Waals surface area contributed by atoms with Gasteiger partial charge in [0, 0.05) is 30.4 Å². The first-order valence-corrected chi connectivity index (χ1v) is 13.7. The lowest BCUT2D eigenvalue weighted by atomic mass is 9.95. The molecule has 0 radical (unpaired) electrons. The molecule has 2 aliphatic rings. The van der Waals surface area contributed by atoms with Crippen molar-refractivity contribution in [2.45, 2.75) is 62.3 Å². The van der Waals surface area contributed by atoms with Crippen LogP contribution in [0.4, 0.5) is 5.69 Å². The van der Waals surface area contributed by atoms with Crippen LogP contribution in [0.5, 0.6) is 0 Å². The molecule has 0 unspecified atom stereocenters. The number of amides is 2. The first kappa shape index (κ1) is 24.3. The molecule has 1 saturated carbocycles. The number of benzene rings is 2. The minimum absolute atomic E-state index is 0.0649. The Labute approximate surface area is 202 Å². The summed E-state index contributed by atoms with van der Waals surface area (Å²) in [4.78, 5) is 27.9. The van der Waals surface area contributed by atoms with E-state index in [-0.39, 0.29) is 28.7 Å². The number of rotatable bonds is 6. The lowest BCUT2D eigenvalue weighted by molar-refractivity contribution is -0.127. The maximum Gasteiger partial charge on any atom is 0.261 e. The number of nitrogens with one attached hydrogen (secondary N) is 2. The third kappa shape index (κ3) is 6.17. The molecule has 0 spiro atoms. The molecule has 7 nitrogen and oxygen atoms in total. The van der Waals surface area contributed by atoms with Gasteiger partial charge in [-0.15, -0.1) is 0 Å². The molecule has 2 fully saturated rings. The summed E-state index contributed by atoms with van der Waals surface area (Å²) in [5.41, 5.74) is 0.868. The zero-order chi connectivity index (χ0) is 24.0. The van der Waals surface area contributed by atoms with Crippen LogP contribution in [-0.2, 0) is 14.8 Å². The van der Waals surface area contributed by atoms with Crippen LogP contribution in [-0.4, -0.2) is 44.3 Å². The van der Waals surface area contributed by atoms with Crippen LogP contribution in [0.3, 0.4) is 0 Å². The molecule has 1 aliphatic carbocycles. The van der Waals surface area contributed by atoms with Crippen LogP contribution in [0.2, 0.25) is 0 Å². The normalized spacial score (nSPS) is 19.8. The van der Waals surface area contributed by atoms with Crippen molar-refractivity contribution < 1.29 is 18.0 Å². The second kappa shape index (κ2) is 11.0. The summed E-state index contributed by atoms with van der Waals surface area (Å²) in [6, 6.07) is 14.8. The Morgan fingerprint density at radius 2 is 1.50 bits per heavy atom. The maximum absolute atomic E-state index is 13.1. The van der Waals surface area contributed by atoms with Crippen LogP contribution < -0.4 is 10.0 Å². The van der Waals surface area contributed by atoms with Gasteiger partial charge in [0.2, 0.25) is 5.91 Å². The van der Waals surface area contributed by atoms with Gasteiger partial charge in [0.1, 0.15) is 0 Å². The summed E-state index contributed by atoms with van der Waals surface area (Å²) in [5.74, 6) is -0.252. The highest BCUT2D eigenvalue weighted by Crippen LogP contribution is 2.23. The fraction of sp³-hybridized carbons (Fsp3) is 0.462. The number of piperidine rings is 1. The van der Waals surface area contributed by atoms with Gasteiger partial charge in [-0.2, -0.15) is 0 Å². The van der Waals surface area contributed by atoms with Gasteiger partial charge in [-0.25, -0.2) is 8.42 Å². The zero-order valence-electron chi connectivity index (χ0n) is 19.4. The number of carbonyl (C=O) groups excluding carboxylic acids is 2. The SMILES string of the molecule is O=C(NC1CCCCCC1)[C@@H]1CCCN(C(=O)c2ccc(NS(=O)(=O)c3ccccc3)cc2)C1. The number of nitrogens with zero attached hydrogens (tertiary/aromatic N) is 1. The van der Waals surface area contributed by atoms with Gasteiger partial charge >= 0.3 is 0 Å². The zero-order valence-corrected chi connectivity index (χ0v) is 20.2. The highest BCUT2D eigenvalue weighted by atomic mass is 32.2. The maximum atomic E-state index is 13.1. The third-order valence-corrected chi connectivity index (χ3v) is 8.12. The largest absolute Gasteiger partial charge is 0.353 e. The van der Waals surface area contributed by atoms with Gasteiger partial charge < -0.3 is 10.2 Å². The predicted molar refractivity (Wildman–Crippen MR) is 132 cm³/mol. The van der Waals surface area contributed by atoms with Crippen LogP contribution in [0.1, 0.15) is 61.7 Å². The fourth-order valence-electron chi connectivity index (χ4n) is 4.80. The molecule has 1 saturated heterocycles. The monoisotopic (exact) mass is 483 g/mol. The molecule has 2 aromatic carbocycles. The highest BCUT2D eigenvalue weighted by Gasteiger charge is 2.30. The minimum Gasteiger partial charge on any atom is -0.353 e. The van der Waals surface area contributed by atoms with E-state index >= 15 is 0 Å². The minimum atomic E-state index is -3.69. The van der Waals surface area contributed by atoms with Gasteiger partial charge in [-0.05, 0) is 62.1 Å². The Bertz CT molecular complexity index is 1080. The highest BCUT2D eigenvalue weighted by molar-refractivity contribution is 7.92. The van der Waals surface area contributed by atoms with Crippen molar-refractivity contribution in [1.82, 2.24) is 10.2 Å². The average Bonchev–Trinajstić information content (AvgIpc) is 3.13. The molecule has 1 heterocycles. The van der Waals surface area contributed by atoms with Crippen LogP contribution in [0.25, 0.3) is 0 Å². The Morgan fingerprint density at radius 3 is 2.18 bits per heavy atom. The standard InChI is InChI=1S/C26H33N3O4S/c30-25(27-22-10-4-1-2-5-11-22)21-9-8-18-29(19-21)26(31)20-14-16-23(17-15-20)28-34(32,33)24-12-6-3-7-13-24/h3,6-7,12-17,21-22,28H,1-2,4-5,8-11,18-19H2,(H,27,30)/t21-/m1/s1. The molecular formula is C26H33N3O4S. The smallest absolute Gasteiger partial charge is 0.261 e. The number of hydrogen-bond acceptors (Lipinski definition) is 4. The van der Waals surface area contributed by atoms with Crippen molar-refractivity contribution in [2.24, 2.45) is 5.92 Å². The van der Waals surface area contributed by atoms with Gasteiger partial charge in [0.25, 0.3) is 15.9 Å². The molecule has 8 heteroatoms. The first-order valence-electron chi connectivity index (χ1n) is 12.2. The molecule has 1 aliphatic heterocycles. The summed E-state index contributed by atoms with van der Waals surface area (Å²) in [6.07, 6.45) is 8.49. The molecule has 0 aromatic heterocycles. The first-order chi connectivity index (χ1) is 16.4. The van der Waals surface area contributed by atoms with E-state index in [2.05, 4.69) is 10.0 Å². The summed E-state index contributed by atoms with van der Waals surface area (Å²) >= 11 is 0. The summed E-state index contributed by atoms with van der Waals surface area (Å²) in [6.45, 7) is 1.04. The second-order valence-corrected chi connectivity index (χ2v) is 11.0. The third-order valence-electron chi connectivity index (χ3n) is 6.72. The second-order valence-electron chi connectivity index (χ2n) is 9.28. The van der Waals surface area contributed by atoms with Crippen molar-refractivity contribution >= 4 is 27.5 Å². The predicted octanol–water partition coefficient (Wildman–Crippen LogP) is 4.18. The van der Waals surface area contributed by atoms with E-state index in [9.17, 15) is 18.0 Å². The molecular weight excluding hydrogens is 450 g/mol. The molecule has 34 heavy (non-hydrogen) atoms. The van der Waals surface area contributed by atoms with E-state index in [4.69, 9.17) is 0 Å². The summed E-state index contributed by atoms with van der Waals surface area (Å²) < 4.78 is 27.6. The lowest BCUT2D eigenvalue weighted by Gasteiger charge is -2.33. The number of likely N-dealkylation sites (tertiary alicyclic amines) is 1. The fourth-order valence-corrected chi connectivity index (χ4v) is 5.88. The summed E-state index contributed by atoms with van der Waals surface area (Å²) in [7, 11) is -3.69. The van der Waals surface area contributed by atoms with Gasteiger partial charge in [-0.1, -0.05) is 43.9 Å². The topological polar surface area (TPSA) is 95.6 Å². The van der Waals surface area contributed by atoms with E-state index < -0.39 is 10.0 Å². The molecule has 2 aromatic rings. The Hall–Kier alpha value is -2.87. The van der Waals surface area contributed by atoms with E-state index in [1.54, 1.807) is 47.4 Å². The van der Waals surface area contributed by atoms with E-state index in [0.29, 0.717) is 24.3 Å². The van der Waals surface area contributed by atoms with Crippen molar-refractivity contribution in [2.75, 3.05) is 17.8 Å². The van der Waals surface area contributed by atoms with E-state index in [1.807, 2.05) is 0 Å². The molecule has 2 N–H and O–H groups in total. The summed E-state index contributed by atoms with van der Waals surface area (Å²) in [5, 5.41) is 3.23. The van der Waals surface area contributed by atoms with Crippen molar-refractivity contribution in [1.29, 1.82) is 0 Å². The Morgan fingerprint density at radius 1 is 0.824 bits per heavy atom. The molecule has 2 amide bonds. The van der Waals surface area contributed by atoms with Crippen molar-refractivity contribution in [3.05, 3.63) is 60.2 Å². The van der Waals surface area contributed by atoms with Crippen LogP contribution in [0.15, 0.2) is 59.5 Å². The average molecular weight is 484 g/mol. The molecule has 182 valence electrons. The Balaban J connectivity index is 1.35. The van der Waals surface area contributed by atoms with Crippen LogP contribution >= 0.6 is 0 Å². The van der Waals surface area contributed by atoms with E-state index in [0.717, 1.165) is 38.5 Å². The van der Waals surface area contributed by atoms with Crippen molar-refractivity contribution in [3.63, 3.8) is 0 Å². The number of anilines is 1. The van der Waals surface area contributed by atoms with Gasteiger partial charge in [0.15, 0.2) is 0 Å². The van der Waals surface area contributed by atoms with Crippen molar-refractivity contribution in [3.8, 4) is 0 Å². The number of sulfonamides is 1. The quantitative estimate of drug-likeness (QED) is 0.603. The van der Waals surface area contributed by atoms with Gasteiger partial charge in [0.05, 0.1) is 10.8 Å². The van der Waals surface area contributed by atoms with Crippen LogP contribution in [0, 0.1) is 5.92 Å². The molecule has 1 atom stereocenters. The number of hydrogen-bond donors (Lipinski definition) is 2. The number of carbonyl (C=O) groups is 2. The Kier molecular flexibility index (Phi) is 7.88. The van der Waals surface area contributed by atoms with Gasteiger partial charge in [-0.3, -0.25) is 14.3 Å².